The van der Waals surface area contributed by atoms with Gasteiger partial charge in [-0.15, -0.1) is 0 Å². The molecular weight excluding hydrogens is 184 g/mol. The third-order valence-corrected chi connectivity index (χ3v) is 4.39. The molecule has 0 radical (unpaired) electrons. The van der Waals surface area contributed by atoms with E-state index in [1.807, 2.05) is 0 Å². The summed E-state index contributed by atoms with van der Waals surface area (Å²) in [4.78, 5) is 2.54. The molecule has 1 aliphatic carbocycles. The maximum Gasteiger partial charge on any atom is 0.0217 e. The van der Waals surface area contributed by atoms with Gasteiger partial charge in [0.25, 0.3) is 0 Å². The third-order valence-electron chi connectivity index (χ3n) is 4.39. The standard InChI is InChI=1S/C13H26N2/c1-13(8-4-5-9-13)14-11-12-7-3-6-10-15(12)2/h12,14H,3-11H2,1-2H3. The zero-order chi connectivity index (χ0) is 10.7. The van der Waals surface area contributed by atoms with E-state index in [9.17, 15) is 0 Å². The monoisotopic (exact) mass is 210 g/mol. The van der Waals surface area contributed by atoms with Gasteiger partial charge in [-0.25, -0.2) is 0 Å². The molecule has 1 atom stereocenters. The summed E-state index contributed by atoms with van der Waals surface area (Å²) in [5.41, 5.74) is 0.457. The second-order valence-electron chi connectivity index (χ2n) is 5.78. The Bertz CT molecular complexity index is 197. The Hall–Kier alpha value is -0.0800. The number of piperidine rings is 1. The SMILES string of the molecule is CN1CCCCC1CNC1(C)CCCC1. The number of hydrogen-bond donors (Lipinski definition) is 1. The van der Waals surface area contributed by atoms with Crippen LogP contribution in [0, 0.1) is 0 Å². The fourth-order valence-electron chi connectivity index (χ4n) is 3.10. The van der Waals surface area contributed by atoms with E-state index in [1.54, 1.807) is 0 Å². The van der Waals surface area contributed by atoms with E-state index < -0.39 is 0 Å². The van der Waals surface area contributed by atoms with Crippen LogP contribution < -0.4 is 5.32 Å². The summed E-state index contributed by atoms with van der Waals surface area (Å²) in [5.74, 6) is 0. The molecule has 0 amide bonds. The highest BCUT2D eigenvalue weighted by atomic mass is 15.2. The van der Waals surface area contributed by atoms with Crippen LogP contribution >= 0.6 is 0 Å². The first-order valence-electron chi connectivity index (χ1n) is 6.65. The van der Waals surface area contributed by atoms with E-state index in [0.29, 0.717) is 5.54 Å². The molecule has 2 nitrogen and oxygen atoms in total. The summed E-state index contributed by atoms with van der Waals surface area (Å²) in [6, 6.07) is 0.788. The summed E-state index contributed by atoms with van der Waals surface area (Å²) in [7, 11) is 2.28. The third kappa shape index (κ3) is 2.94. The van der Waals surface area contributed by atoms with Crippen LogP contribution in [0.3, 0.4) is 0 Å². The highest BCUT2D eigenvalue weighted by Gasteiger charge is 2.29. The second-order valence-corrected chi connectivity index (χ2v) is 5.78. The Morgan fingerprint density at radius 1 is 1.20 bits per heavy atom. The van der Waals surface area contributed by atoms with Gasteiger partial charge >= 0.3 is 0 Å². The lowest BCUT2D eigenvalue weighted by Crippen LogP contribution is -2.49. The summed E-state index contributed by atoms with van der Waals surface area (Å²) < 4.78 is 0. The van der Waals surface area contributed by atoms with Gasteiger partial charge in [-0.3, -0.25) is 0 Å². The Balaban J connectivity index is 1.76. The van der Waals surface area contributed by atoms with E-state index in [-0.39, 0.29) is 0 Å². The van der Waals surface area contributed by atoms with Gasteiger partial charge in [0.2, 0.25) is 0 Å². The summed E-state index contributed by atoms with van der Waals surface area (Å²) in [5, 5.41) is 3.82. The normalized spacial score (nSPS) is 32.0. The van der Waals surface area contributed by atoms with Crippen molar-refractivity contribution < 1.29 is 0 Å². The lowest BCUT2D eigenvalue weighted by atomic mass is 9.98. The van der Waals surface area contributed by atoms with Crippen LogP contribution in [-0.4, -0.2) is 36.6 Å². The molecule has 2 heteroatoms. The van der Waals surface area contributed by atoms with E-state index in [2.05, 4.69) is 24.2 Å². The number of rotatable bonds is 3. The van der Waals surface area contributed by atoms with Crippen molar-refractivity contribution in [1.82, 2.24) is 10.2 Å². The zero-order valence-corrected chi connectivity index (χ0v) is 10.4. The van der Waals surface area contributed by atoms with E-state index >= 15 is 0 Å². The molecule has 1 unspecified atom stereocenters. The average molecular weight is 210 g/mol. The molecule has 2 fully saturated rings. The lowest BCUT2D eigenvalue weighted by molar-refractivity contribution is 0.168. The average Bonchev–Trinajstić information content (AvgIpc) is 2.65. The molecule has 0 aromatic rings. The molecule has 0 aromatic heterocycles. The zero-order valence-electron chi connectivity index (χ0n) is 10.4. The maximum absolute atomic E-state index is 3.82. The van der Waals surface area contributed by atoms with Crippen molar-refractivity contribution in [3.63, 3.8) is 0 Å². The molecule has 0 aromatic carbocycles. The smallest absolute Gasteiger partial charge is 0.0217 e. The fraction of sp³-hybridized carbons (Fsp3) is 1.00. The fourth-order valence-corrected chi connectivity index (χ4v) is 3.10. The van der Waals surface area contributed by atoms with Gasteiger partial charge in [0.05, 0.1) is 0 Å². The van der Waals surface area contributed by atoms with Crippen LogP contribution in [0.2, 0.25) is 0 Å². The van der Waals surface area contributed by atoms with Crippen LogP contribution in [0.15, 0.2) is 0 Å². The highest BCUT2D eigenvalue weighted by molar-refractivity contribution is 4.90. The van der Waals surface area contributed by atoms with Crippen LogP contribution in [-0.2, 0) is 0 Å². The topological polar surface area (TPSA) is 15.3 Å². The minimum atomic E-state index is 0.457. The molecular formula is C13H26N2. The van der Waals surface area contributed by atoms with Crippen molar-refractivity contribution >= 4 is 0 Å². The quantitative estimate of drug-likeness (QED) is 0.769. The van der Waals surface area contributed by atoms with Crippen LogP contribution in [0.25, 0.3) is 0 Å². The van der Waals surface area contributed by atoms with Crippen LogP contribution in [0.4, 0.5) is 0 Å². The van der Waals surface area contributed by atoms with Crippen molar-refractivity contribution in [2.45, 2.75) is 63.5 Å². The van der Waals surface area contributed by atoms with E-state index in [1.165, 1.54) is 58.0 Å². The first kappa shape index (κ1) is 11.4. The van der Waals surface area contributed by atoms with Crippen molar-refractivity contribution in [3.8, 4) is 0 Å². The number of hydrogen-bond acceptors (Lipinski definition) is 2. The molecule has 1 saturated heterocycles. The van der Waals surface area contributed by atoms with Gasteiger partial charge in [-0.2, -0.15) is 0 Å². The highest BCUT2D eigenvalue weighted by Crippen LogP contribution is 2.29. The maximum atomic E-state index is 3.82. The van der Waals surface area contributed by atoms with Gasteiger partial charge in [-0.1, -0.05) is 19.3 Å². The molecule has 1 aliphatic heterocycles. The van der Waals surface area contributed by atoms with Gasteiger partial charge in [0, 0.05) is 18.1 Å². The van der Waals surface area contributed by atoms with E-state index in [4.69, 9.17) is 0 Å². The van der Waals surface area contributed by atoms with Crippen LogP contribution in [0.1, 0.15) is 51.9 Å². The Kier molecular flexibility index (Phi) is 3.68. The van der Waals surface area contributed by atoms with Gasteiger partial charge in [0.15, 0.2) is 0 Å². The van der Waals surface area contributed by atoms with Crippen molar-refractivity contribution in [2.24, 2.45) is 0 Å². The molecule has 0 bridgehead atoms. The largest absolute Gasteiger partial charge is 0.310 e. The summed E-state index contributed by atoms with van der Waals surface area (Å²) >= 11 is 0. The van der Waals surface area contributed by atoms with Crippen molar-refractivity contribution in [3.05, 3.63) is 0 Å². The molecule has 2 aliphatic rings. The van der Waals surface area contributed by atoms with Crippen molar-refractivity contribution in [2.75, 3.05) is 20.1 Å². The first-order valence-corrected chi connectivity index (χ1v) is 6.65. The first-order chi connectivity index (χ1) is 7.20. The molecule has 15 heavy (non-hydrogen) atoms. The molecule has 88 valence electrons. The molecule has 1 heterocycles. The van der Waals surface area contributed by atoms with Crippen molar-refractivity contribution in [1.29, 1.82) is 0 Å². The number of likely N-dealkylation sites (tertiary alicyclic amines) is 1. The predicted molar refractivity (Wildman–Crippen MR) is 65.1 cm³/mol. The van der Waals surface area contributed by atoms with Gasteiger partial charge in [-0.05, 0) is 46.2 Å². The minimum Gasteiger partial charge on any atom is -0.310 e. The predicted octanol–water partition coefficient (Wildman–Crippen LogP) is 2.39. The summed E-state index contributed by atoms with van der Waals surface area (Å²) in [6.45, 7) is 4.90. The number of nitrogens with zero attached hydrogens (tertiary/aromatic N) is 1. The molecule has 1 saturated carbocycles. The molecule has 0 spiro atoms. The number of nitrogens with one attached hydrogen (secondary N) is 1. The van der Waals surface area contributed by atoms with Crippen LogP contribution in [0.5, 0.6) is 0 Å². The van der Waals surface area contributed by atoms with Gasteiger partial charge < -0.3 is 10.2 Å². The molecule has 1 N–H and O–H groups in total. The minimum absolute atomic E-state index is 0.457. The summed E-state index contributed by atoms with van der Waals surface area (Å²) in [6.07, 6.45) is 9.80. The van der Waals surface area contributed by atoms with Gasteiger partial charge in [0.1, 0.15) is 0 Å². The molecule has 2 rings (SSSR count). The second kappa shape index (κ2) is 4.84. The Labute approximate surface area is 94.4 Å². The number of likely N-dealkylation sites (N-methyl/N-ethyl adjacent to an activating group) is 1. The van der Waals surface area contributed by atoms with E-state index in [0.717, 1.165) is 6.04 Å². The lowest BCUT2D eigenvalue weighted by Gasteiger charge is -2.36. The Morgan fingerprint density at radius 2 is 1.93 bits per heavy atom. The Morgan fingerprint density at radius 3 is 2.60 bits per heavy atom.